The molecule has 2 rings (SSSR count). The zero-order valence-corrected chi connectivity index (χ0v) is 9.35. The Labute approximate surface area is 94.4 Å². The highest BCUT2D eigenvalue weighted by molar-refractivity contribution is 5.16. The van der Waals surface area contributed by atoms with E-state index in [0.29, 0.717) is 12.6 Å². The number of hydrogen-bond donors (Lipinski definition) is 1. The Morgan fingerprint density at radius 2 is 2.50 bits per heavy atom. The standard InChI is InChI=1S/C11H16N2O3/c1-8-9(6-14)5-12-11(13-8)16-7-10-3-2-4-15-10/h5,10,14H,2-4,6-7H2,1H3. The Hall–Kier alpha value is -1.20. The quantitative estimate of drug-likeness (QED) is 0.820. The molecule has 5 nitrogen and oxygen atoms in total. The molecule has 1 atom stereocenters. The molecule has 1 aliphatic heterocycles. The maximum absolute atomic E-state index is 8.97. The number of aliphatic hydroxyl groups excluding tert-OH is 1. The third-order valence-corrected chi connectivity index (χ3v) is 2.65. The van der Waals surface area contributed by atoms with Gasteiger partial charge in [-0.2, -0.15) is 0 Å². The lowest BCUT2D eigenvalue weighted by Crippen LogP contribution is -2.17. The number of hydrogen-bond acceptors (Lipinski definition) is 5. The number of rotatable bonds is 4. The predicted molar refractivity (Wildman–Crippen MR) is 57.2 cm³/mol. The normalized spacial score (nSPS) is 20.0. The number of aryl methyl sites for hydroxylation is 1. The smallest absolute Gasteiger partial charge is 0.316 e. The summed E-state index contributed by atoms with van der Waals surface area (Å²) in [5.41, 5.74) is 1.48. The minimum absolute atomic E-state index is 0.0438. The molecule has 1 saturated heterocycles. The molecular weight excluding hydrogens is 208 g/mol. The van der Waals surface area contributed by atoms with Crippen LogP contribution in [0.5, 0.6) is 6.01 Å². The van der Waals surface area contributed by atoms with Crippen molar-refractivity contribution in [2.45, 2.75) is 32.5 Å². The molecule has 5 heteroatoms. The molecule has 1 aromatic heterocycles. The van der Waals surface area contributed by atoms with E-state index in [1.54, 1.807) is 6.20 Å². The third-order valence-electron chi connectivity index (χ3n) is 2.65. The van der Waals surface area contributed by atoms with Gasteiger partial charge in [0.25, 0.3) is 0 Å². The Morgan fingerprint density at radius 1 is 1.62 bits per heavy atom. The Kier molecular flexibility index (Phi) is 3.69. The van der Waals surface area contributed by atoms with Gasteiger partial charge in [-0.15, -0.1) is 0 Å². The van der Waals surface area contributed by atoms with Gasteiger partial charge in [-0.05, 0) is 19.8 Å². The molecule has 1 unspecified atom stereocenters. The van der Waals surface area contributed by atoms with Crippen LogP contribution >= 0.6 is 0 Å². The van der Waals surface area contributed by atoms with E-state index in [1.165, 1.54) is 0 Å². The van der Waals surface area contributed by atoms with Crippen molar-refractivity contribution < 1.29 is 14.6 Å². The van der Waals surface area contributed by atoms with Crippen LogP contribution in [0, 0.1) is 6.92 Å². The van der Waals surface area contributed by atoms with E-state index >= 15 is 0 Å². The van der Waals surface area contributed by atoms with Crippen LogP contribution in [0.4, 0.5) is 0 Å². The van der Waals surface area contributed by atoms with Crippen molar-refractivity contribution >= 4 is 0 Å². The van der Waals surface area contributed by atoms with E-state index in [1.807, 2.05) is 6.92 Å². The Balaban J connectivity index is 1.91. The molecule has 0 aromatic carbocycles. The number of aromatic nitrogens is 2. The van der Waals surface area contributed by atoms with Gasteiger partial charge in [-0.25, -0.2) is 9.97 Å². The maximum atomic E-state index is 8.97. The first-order valence-corrected chi connectivity index (χ1v) is 5.47. The molecule has 0 bridgehead atoms. The first-order valence-electron chi connectivity index (χ1n) is 5.47. The lowest BCUT2D eigenvalue weighted by molar-refractivity contribution is 0.0644. The number of ether oxygens (including phenoxy) is 2. The van der Waals surface area contributed by atoms with E-state index in [4.69, 9.17) is 14.6 Å². The Bertz CT molecular complexity index is 351. The van der Waals surface area contributed by atoms with Gasteiger partial charge in [-0.3, -0.25) is 0 Å². The molecule has 2 heterocycles. The summed E-state index contributed by atoms with van der Waals surface area (Å²) in [6, 6.07) is 0.352. The van der Waals surface area contributed by atoms with E-state index in [2.05, 4.69) is 9.97 Å². The summed E-state index contributed by atoms with van der Waals surface area (Å²) in [5, 5.41) is 8.97. The highest BCUT2D eigenvalue weighted by Gasteiger charge is 2.16. The van der Waals surface area contributed by atoms with Crippen molar-refractivity contribution in [2.24, 2.45) is 0 Å². The highest BCUT2D eigenvalue weighted by atomic mass is 16.5. The van der Waals surface area contributed by atoms with Gasteiger partial charge in [0.2, 0.25) is 0 Å². The molecule has 1 aliphatic rings. The van der Waals surface area contributed by atoms with E-state index in [-0.39, 0.29) is 12.7 Å². The van der Waals surface area contributed by atoms with Gasteiger partial charge in [0, 0.05) is 18.4 Å². The third kappa shape index (κ3) is 2.68. The van der Waals surface area contributed by atoms with Gasteiger partial charge in [0.15, 0.2) is 0 Å². The van der Waals surface area contributed by atoms with E-state index in [9.17, 15) is 0 Å². The fourth-order valence-electron chi connectivity index (χ4n) is 1.64. The van der Waals surface area contributed by atoms with Crippen LogP contribution in [0.25, 0.3) is 0 Å². The number of nitrogens with zero attached hydrogens (tertiary/aromatic N) is 2. The fourth-order valence-corrected chi connectivity index (χ4v) is 1.64. The first kappa shape index (κ1) is 11.3. The molecule has 0 radical (unpaired) electrons. The van der Waals surface area contributed by atoms with Gasteiger partial charge in [-0.1, -0.05) is 0 Å². The average Bonchev–Trinajstić information content (AvgIpc) is 2.79. The Morgan fingerprint density at radius 3 is 3.12 bits per heavy atom. The summed E-state index contributed by atoms with van der Waals surface area (Å²) in [6.45, 7) is 3.10. The fraction of sp³-hybridized carbons (Fsp3) is 0.636. The van der Waals surface area contributed by atoms with E-state index in [0.717, 1.165) is 30.7 Å². The molecule has 0 amide bonds. The summed E-state index contributed by atoms with van der Waals surface area (Å²) in [7, 11) is 0. The summed E-state index contributed by atoms with van der Waals surface area (Å²) < 4.78 is 10.9. The predicted octanol–water partition coefficient (Wildman–Crippen LogP) is 0.835. The largest absolute Gasteiger partial charge is 0.461 e. The lowest BCUT2D eigenvalue weighted by Gasteiger charge is -2.10. The molecule has 1 fully saturated rings. The molecule has 88 valence electrons. The second-order valence-electron chi connectivity index (χ2n) is 3.87. The van der Waals surface area contributed by atoms with Crippen LogP contribution in [0.1, 0.15) is 24.1 Å². The molecule has 0 saturated carbocycles. The summed E-state index contributed by atoms with van der Waals surface area (Å²) in [4.78, 5) is 8.18. The zero-order chi connectivity index (χ0) is 11.4. The minimum Gasteiger partial charge on any atom is -0.461 e. The summed E-state index contributed by atoms with van der Waals surface area (Å²) >= 11 is 0. The average molecular weight is 224 g/mol. The van der Waals surface area contributed by atoms with Crippen LogP contribution in [-0.4, -0.2) is 34.4 Å². The van der Waals surface area contributed by atoms with Crippen molar-refractivity contribution in [2.75, 3.05) is 13.2 Å². The minimum atomic E-state index is -0.0438. The van der Waals surface area contributed by atoms with Gasteiger partial charge < -0.3 is 14.6 Å². The summed E-state index contributed by atoms with van der Waals surface area (Å²) in [5.74, 6) is 0. The van der Waals surface area contributed by atoms with E-state index < -0.39 is 0 Å². The lowest BCUT2D eigenvalue weighted by atomic mass is 10.2. The number of aliphatic hydroxyl groups is 1. The second kappa shape index (κ2) is 5.23. The zero-order valence-electron chi connectivity index (χ0n) is 9.35. The second-order valence-corrected chi connectivity index (χ2v) is 3.87. The molecule has 16 heavy (non-hydrogen) atoms. The summed E-state index contributed by atoms with van der Waals surface area (Å²) in [6.07, 6.45) is 3.89. The highest BCUT2D eigenvalue weighted by Crippen LogP contribution is 2.14. The van der Waals surface area contributed by atoms with Crippen molar-refractivity contribution in [1.82, 2.24) is 9.97 Å². The van der Waals surface area contributed by atoms with Crippen LogP contribution in [0.15, 0.2) is 6.20 Å². The first-order chi connectivity index (χ1) is 7.79. The van der Waals surface area contributed by atoms with Crippen molar-refractivity contribution in [1.29, 1.82) is 0 Å². The SMILES string of the molecule is Cc1nc(OCC2CCCO2)ncc1CO. The van der Waals surface area contributed by atoms with Crippen LogP contribution in [-0.2, 0) is 11.3 Å². The van der Waals surface area contributed by atoms with Crippen LogP contribution < -0.4 is 4.74 Å². The molecule has 0 aliphatic carbocycles. The monoisotopic (exact) mass is 224 g/mol. The maximum Gasteiger partial charge on any atom is 0.316 e. The topological polar surface area (TPSA) is 64.5 Å². The van der Waals surface area contributed by atoms with Gasteiger partial charge in [0.05, 0.1) is 18.4 Å². The van der Waals surface area contributed by atoms with Crippen molar-refractivity contribution in [3.63, 3.8) is 0 Å². The molecule has 1 aromatic rings. The van der Waals surface area contributed by atoms with Crippen LogP contribution in [0.3, 0.4) is 0 Å². The van der Waals surface area contributed by atoms with Crippen molar-refractivity contribution in [3.05, 3.63) is 17.5 Å². The molecule has 0 spiro atoms. The van der Waals surface area contributed by atoms with Gasteiger partial charge >= 0.3 is 6.01 Å². The van der Waals surface area contributed by atoms with Crippen molar-refractivity contribution in [3.8, 4) is 6.01 Å². The van der Waals surface area contributed by atoms with Crippen LogP contribution in [0.2, 0.25) is 0 Å². The molecule has 1 N–H and O–H groups in total. The van der Waals surface area contributed by atoms with Gasteiger partial charge in [0.1, 0.15) is 6.61 Å². The molecular formula is C11H16N2O3.